The number of amides is 1. The number of benzene rings is 3. The van der Waals surface area contributed by atoms with Gasteiger partial charge in [-0.05, 0) is 103 Å². The molecule has 2 saturated carbocycles. The number of fused-ring (bicyclic) bond motifs is 3. The monoisotopic (exact) mass is 1050 g/mol. The third-order valence-electron chi connectivity index (χ3n) is 10.9. The summed E-state index contributed by atoms with van der Waals surface area (Å²) in [5, 5.41) is 9.14. The van der Waals surface area contributed by atoms with E-state index in [1.54, 1.807) is 18.2 Å². The number of alkyl halides is 1. The molecule has 315 valence electrons. The summed E-state index contributed by atoms with van der Waals surface area (Å²) in [7, 11) is 6.21. The summed E-state index contributed by atoms with van der Waals surface area (Å²) in [6, 6.07) is 15.6. The van der Waals surface area contributed by atoms with E-state index in [1.807, 2.05) is 42.1 Å². The molecule has 1 radical (unpaired) electrons. The van der Waals surface area contributed by atoms with E-state index in [0.717, 1.165) is 87.0 Å². The predicted octanol–water partition coefficient (Wildman–Crippen LogP) is 8.73. The van der Waals surface area contributed by atoms with Gasteiger partial charge in [0.05, 0.1) is 11.1 Å². The molecule has 9 rings (SSSR count). The molecule has 5 aliphatic rings. The summed E-state index contributed by atoms with van der Waals surface area (Å²) in [6.07, 6.45) is 15.3. The molecule has 58 heavy (non-hydrogen) atoms. The van der Waals surface area contributed by atoms with Crippen molar-refractivity contribution < 1.29 is 27.8 Å². The van der Waals surface area contributed by atoms with Crippen molar-refractivity contribution in [2.75, 3.05) is 50.4 Å². The van der Waals surface area contributed by atoms with Gasteiger partial charge in [-0.3, -0.25) is 14.6 Å². The van der Waals surface area contributed by atoms with Gasteiger partial charge in [-0.2, -0.15) is 0 Å². The third-order valence-corrected chi connectivity index (χ3v) is 10.9. The van der Waals surface area contributed by atoms with E-state index in [1.165, 1.54) is 18.9 Å². The van der Waals surface area contributed by atoms with Crippen LogP contribution in [0.2, 0.25) is 0 Å². The number of aromatic nitrogens is 2. The maximum atomic E-state index is 14.0. The van der Waals surface area contributed by atoms with Crippen molar-refractivity contribution in [3.63, 3.8) is 0 Å². The van der Waals surface area contributed by atoms with Crippen LogP contribution in [0.15, 0.2) is 83.7 Å². The molecule has 0 bridgehead atoms. The molecule has 14 heteroatoms. The van der Waals surface area contributed by atoms with Gasteiger partial charge in [0.2, 0.25) is 5.91 Å². The standard InChI is InChI=1S/C28H31FN5O.C11H8FNO2.C3H6O.CH3Cl.CH3.Es/c1-30-21-10-11-25-24(17-21)33-27(34(25)2)22-18-28(22)12-15-31-14-6-5-9-26(32-16-13-28)35-19-20-7-3-4-8-23(20)29;12-8-4-6(5-14)3-7-9(8)13-10(15)11(7)1-2-11;1-2-4-3-1;1-2;;/h3-11,14,17,22,30,32H,2,12-13,15-16,18-19H2,1H3;3-5H,1-2H2,(H,13,15);1-3H2;1H3;1H3;/q-1;;;;-1;/b6-5-,26-9+,31-14?;;;;;. The normalized spacial score (nSPS) is 21.8. The number of hydrogen-bond donors (Lipinski definition) is 3. The zero-order valence-electron chi connectivity index (χ0n) is 33.1. The summed E-state index contributed by atoms with van der Waals surface area (Å²) in [4.78, 5) is 31.8. The van der Waals surface area contributed by atoms with Crippen LogP contribution in [-0.4, -0.2) is 67.7 Å². The Balaban J connectivity index is 0.000000266. The molecule has 3 aromatic carbocycles. The smallest absolute Gasteiger partial charge is 0.235 e. The second-order valence-electron chi connectivity index (χ2n) is 14.3. The second-order valence-corrected chi connectivity index (χ2v) is 14.3. The van der Waals surface area contributed by atoms with Crippen molar-refractivity contribution >= 4 is 52.4 Å². The van der Waals surface area contributed by atoms with E-state index in [9.17, 15) is 18.4 Å². The fourth-order valence-electron chi connectivity index (χ4n) is 7.26. The van der Waals surface area contributed by atoms with E-state index in [0.29, 0.717) is 29.2 Å². The van der Waals surface area contributed by atoms with Gasteiger partial charge in [-0.1, -0.05) is 30.3 Å². The van der Waals surface area contributed by atoms with Crippen LogP contribution in [0, 0.1) is 31.5 Å². The van der Waals surface area contributed by atoms with Gasteiger partial charge in [-0.15, -0.1) is 18.6 Å². The zero-order valence-corrected chi connectivity index (χ0v) is 36.3. The Hall–Kier alpha value is -6.20. The molecular weight excluding hydrogens is 1000 g/mol. The second kappa shape index (κ2) is 19.8. The molecule has 2 spiro atoms. The van der Waals surface area contributed by atoms with Gasteiger partial charge in [0.1, 0.15) is 24.5 Å². The molecule has 10 nitrogen and oxygen atoms in total. The minimum atomic E-state index is -0.533. The quantitative estimate of drug-likeness (QED) is 0.101. The van der Waals surface area contributed by atoms with Gasteiger partial charge in [-0.25, -0.2) is 8.78 Å². The maximum absolute atomic E-state index is 14.0. The Morgan fingerprint density at radius 1 is 1.07 bits per heavy atom. The van der Waals surface area contributed by atoms with Crippen LogP contribution in [0.4, 0.5) is 20.2 Å². The van der Waals surface area contributed by atoms with Crippen LogP contribution in [0.25, 0.3) is 11.0 Å². The number of anilines is 2. The molecular formula is C44H51ClEsF2N6O4-2. The molecule has 1 aromatic heterocycles. The predicted molar refractivity (Wildman–Crippen MR) is 224 cm³/mol. The number of hydrogen-bond acceptors (Lipinski definition) is 8. The number of nitrogens with zero attached hydrogens (tertiary/aromatic N) is 3. The van der Waals surface area contributed by atoms with E-state index in [4.69, 9.17) is 14.5 Å². The van der Waals surface area contributed by atoms with Crippen LogP contribution in [0.3, 0.4) is 0 Å². The Labute approximate surface area is 338 Å². The summed E-state index contributed by atoms with van der Waals surface area (Å²) >= 11 is 4.64. The zero-order chi connectivity index (χ0) is 39.7. The Morgan fingerprint density at radius 2 is 1.81 bits per heavy atom. The average molecular weight is 1050 g/mol. The van der Waals surface area contributed by atoms with Gasteiger partial charge in [0.15, 0.2) is 5.88 Å². The molecule has 1 saturated heterocycles. The first kappa shape index (κ1) is 44.5. The van der Waals surface area contributed by atoms with E-state index in [-0.39, 0.29) is 42.4 Å². The number of nitrogens with one attached hydrogen (secondary N) is 3. The van der Waals surface area contributed by atoms with E-state index < -0.39 is 11.2 Å². The summed E-state index contributed by atoms with van der Waals surface area (Å²) in [5.74, 6) is 1.08. The molecule has 3 N–H and O–H groups in total. The summed E-state index contributed by atoms with van der Waals surface area (Å²) in [5.41, 5.74) is 4.35. The molecule has 2 atom stereocenters. The van der Waals surface area contributed by atoms with Crippen molar-refractivity contribution in [2.24, 2.45) is 10.4 Å². The first-order valence-electron chi connectivity index (χ1n) is 18.8. The number of halogens is 3. The number of rotatable bonds is 6. The number of imidazole rings is 1. The molecule has 4 aromatic rings. The Bertz CT molecular complexity index is 2130. The number of allylic oxidation sites excluding steroid dienone is 3. The van der Waals surface area contributed by atoms with Crippen LogP contribution in [0.1, 0.15) is 71.8 Å². The van der Waals surface area contributed by atoms with Crippen molar-refractivity contribution in [3.8, 4) is 0 Å². The topological polar surface area (TPSA) is 119 Å². The molecule has 2 aliphatic carbocycles. The van der Waals surface area contributed by atoms with Crippen LogP contribution < -0.4 is 16.0 Å². The molecule has 3 fully saturated rings. The van der Waals surface area contributed by atoms with E-state index >= 15 is 0 Å². The first-order valence-corrected chi connectivity index (χ1v) is 19.6. The first-order chi connectivity index (χ1) is 27.3. The number of carbonyl (C=O) groups excluding carboxylic acids is 2. The van der Waals surface area contributed by atoms with Gasteiger partial charge in [0.25, 0.3) is 0 Å². The molecule has 1 amide bonds. The largest absolute Gasteiger partial charge is 0.474 e. The summed E-state index contributed by atoms with van der Waals surface area (Å²) < 4.78 is 40.1. The van der Waals surface area contributed by atoms with Crippen molar-refractivity contribution in [3.05, 3.63) is 127 Å². The minimum Gasteiger partial charge on any atom is -0.474 e. The number of aldehydes is 1. The van der Waals surface area contributed by atoms with Crippen molar-refractivity contribution in [1.82, 2.24) is 14.9 Å². The fourth-order valence-corrected chi connectivity index (χ4v) is 7.26. The fraction of sp³-hybridized carbons (Fsp3) is 0.364. The van der Waals surface area contributed by atoms with E-state index in [2.05, 4.69) is 57.8 Å². The van der Waals surface area contributed by atoms with Gasteiger partial charge in [0, 0.05) is 74.1 Å². The third kappa shape index (κ3) is 9.66. The van der Waals surface area contributed by atoms with Crippen LogP contribution >= 0.6 is 11.6 Å². The van der Waals surface area contributed by atoms with Crippen molar-refractivity contribution in [2.45, 2.75) is 56.5 Å². The number of carbonyl (C=O) groups is 2. The minimum absolute atomic E-state index is 0. The van der Waals surface area contributed by atoms with Crippen LogP contribution in [0.5, 0.6) is 0 Å². The number of aliphatic imine (C=N–C) groups is 1. The SMILES string of the molecule is C1COC1.CCl.O=Cc1cc(F)c2c(c1)C1(CC1)C(=O)N2.[CH2-]n1c(C2CC23CCN=C/C=C\C=C(\OCc2ccccc2F)NCC3)nc2cc(NC)ccc21.[CH3-].[Es]. The molecule has 3 aliphatic heterocycles. The summed E-state index contributed by atoms with van der Waals surface area (Å²) in [6.45, 7) is 3.70. The van der Waals surface area contributed by atoms with Crippen LogP contribution in [-0.2, 0) is 26.3 Å². The van der Waals surface area contributed by atoms with Gasteiger partial charge >= 0.3 is 0 Å². The maximum Gasteiger partial charge on any atom is 0.235 e. The Morgan fingerprint density at radius 3 is 2.48 bits per heavy atom. The van der Waals surface area contributed by atoms with Gasteiger partial charge < -0.3 is 42.4 Å². The number of ether oxygens (including phenoxy) is 2. The molecule has 2 unspecified atom stereocenters. The molecule has 4 heterocycles. The Kier molecular flexibility index (Phi) is 15.2. The average Bonchev–Trinajstić information content (AvgIpc) is 4.08. The van der Waals surface area contributed by atoms with Crippen molar-refractivity contribution in [1.29, 1.82) is 0 Å².